The molecule has 0 aromatic heterocycles. The van der Waals surface area contributed by atoms with Crippen LogP contribution in [0.2, 0.25) is 0 Å². The summed E-state index contributed by atoms with van der Waals surface area (Å²) in [6.07, 6.45) is 0. The minimum absolute atomic E-state index is 0.115. The lowest BCUT2D eigenvalue weighted by molar-refractivity contribution is 0.174. The molecule has 21 heavy (non-hydrogen) atoms. The molecule has 110 valence electrons. The van der Waals surface area contributed by atoms with Gasteiger partial charge in [-0.1, -0.05) is 18.2 Å². The van der Waals surface area contributed by atoms with Crippen molar-refractivity contribution in [3.8, 4) is 11.5 Å². The fraction of sp³-hybridized carbons (Fsp3) is 0.250. The molecule has 0 saturated carbocycles. The van der Waals surface area contributed by atoms with Gasteiger partial charge < -0.3 is 14.8 Å². The molecule has 2 aromatic carbocycles. The first kappa shape index (κ1) is 14.2. The minimum Gasteiger partial charge on any atom is -0.454 e. The Bertz CT molecular complexity index is 635. The molecule has 1 heterocycles. The summed E-state index contributed by atoms with van der Waals surface area (Å²) >= 11 is 1.50. The minimum atomic E-state index is -0.178. The molecular weight excluding hydrogens is 289 g/mol. The monoisotopic (exact) mass is 305 g/mol. The van der Waals surface area contributed by atoms with Crippen LogP contribution in [0.3, 0.4) is 0 Å². The zero-order chi connectivity index (χ0) is 14.7. The largest absolute Gasteiger partial charge is 0.454 e. The van der Waals surface area contributed by atoms with Crippen LogP contribution in [0.25, 0.3) is 0 Å². The van der Waals surface area contributed by atoms with Crippen molar-refractivity contribution in [1.82, 2.24) is 5.32 Å². The first-order chi connectivity index (χ1) is 10.3. The lowest BCUT2D eigenvalue weighted by Gasteiger charge is -2.17. The highest BCUT2D eigenvalue weighted by atomic mass is 32.2. The molecule has 3 rings (SSSR count). The molecule has 1 atom stereocenters. The summed E-state index contributed by atoms with van der Waals surface area (Å²) in [7, 11) is 1.90. The third-order valence-corrected chi connectivity index (χ3v) is 4.53. The molecule has 5 heteroatoms. The van der Waals surface area contributed by atoms with Gasteiger partial charge in [0, 0.05) is 16.7 Å². The van der Waals surface area contributed by atoms with Crippen LogP contribution in [0.15, 0.2) is 47.4 Å². The number of hydrogen-bond donors (Lipinski definition) is 1. The molecule has 1 N–H and O–H groups in total. The molecule has 0 saturated heterocycles. The van der Waals surface area contributed by atoms with Gasteiger partial charge in [0.25, 0.3) is 0 Å². The van der Waals surface area contributed by atoms with Crippen LogP contribution in [-0.4, -0.2) is 19.6 Å². The molecule has 0 aliphatic carbocycles. The zero-order valence-corrected chi connectivity index (χ0v) is 12.5. The Labute approximate surface area is 127 Å². The Hall–Kier alpha value is -1.72. The van der Waals surface area contributed by atoms with Gasteiger partial charge in [-0.05, 0) is 36.9 Å². The summed E-state index contributed by atoms with van der Waals surface area (Å²) in [5.41, 5.74) is 1.10. The number of nitrogens with one attached hydrogen (secondary N) is 1. The summed E-state index contributed by atoms with van der Waals surface area (Å²) in [5, 5.41) is 3.26. The molecule has 0 radical (unpaired) electrons. The predicted molar refractivity (Wildman–Crippen MR) is 81.5 cm³/mol. The average molecular weight is 305 g/mol. The Morgan fingerprint density at radius 2 is 2.00 bits per heavy atom. The molecule has 0 spiro atoms. The lowest BCUT2D eigenvalue weighted by atomic mass is 10.1. The van der Waals surface area contributed by atoms with Gasteiger partial charge in [-0.25, -0.2) is 4.39 Å². The van der Waals surface area contributed by atoms with E-state index in [0.717, 1.165) is 22.8 Å². The number of hydrogen-bond acceptors (Lipinski definition) is 4. The van der Waals surface area contributed by atoms with Crippen LogP contribution in [0, 0.1) is 5.82 Å². The fourth-order valence-electron chi connectivity index (χ4n) is 2.21. The normalized spacial score (nSPS) is 14.2. The van der Waals surface area contributed by atoms with E-state index in [1.165, 1.54) is 17.8 Å². The second kappa shape index (κ2) is 6.37. The van der Waals surface area contributed by atoms with E-state index in [0.29, 0.717) is 4.90 Å². The van der Waals surface area contributed by atoms with E-state index in [9.17, 15) is 4.39 Å². The quantitative estimate of drug-likeness (QED) is 0.855. The van der Waals surface area contributed by atoms with E-state index in [1.54, 1.807) is 12.1 Å². The maximum Gasteiger partial charge on any atom is 0.231 e. The molecule has 0 bridgehead atoms. The highest BCUT2D eigenvalue weighted by Gasteiger charge is 2.17. The third kappa shape index (κ3) is 3.14. The van der Waals surface area contributed by atoms with Crippen molar-refractivity contribution < 1.29 is 13.9 Å². The first-order valence-electron chi connectivity index (χ1n) is 6.72. The summed E-state index contributed by atoms with van der Waals surface area (Å²) in [5.74, 6) is 2.10. The van der Waals surface area contributed by atoms with Gasteiger partial charge >= 0.3 is 0 Å². The molecule has 2 aromatic rings. The van der Waals surface area contributed by atoms with Gasteiger partial charge in [-0.3, -0.25) is 0 Å². The van der Waals surface area contributed by atoms with Crippen molar-refractivity contribution in [2.24, 2.45) is 0 Å². The Kier molecular flexibility index (Phi) is 4.31. The van der Waals surface area contributed by atoms with Crippen molar-refractivity contribution in [3.63, 3.8) is 0 Å². The van der Waals surface area contributed by atoms with Gasteiger partial charge in [-0.15, -0.1) is 11.8 Å². The Balaban J connectivity index is 1.72. The molecular formula is C16H16FNO2S. The smallest absolute Gasteiger partial charge is 0.231 e. The van der Waals surface area contributed by atoms with Crippen molar-refractivity contribution in [1.29, 1.82) is 0 Å². The second-order valence-electron chi connectivity index (χ2n) is 4.70. The number of halogens is 1. The molecule has 0 fully saturated rings. The van der Waals surface area contributed by atoms with Gasteiger partial charge in [-0.2, -0.15) is 0 Å². The number of fused-ring (bicyclic) bond motifs is 1. The highest BCUT2D eigenvalue weighted by molar-refractivity contribution is 7.99. The van der Waals surface area contributed by atoms with E-state index in [-0.39, 0.29) is 18.7 Å². The molecule has 1 unspecified atom stereocenters. The van der Waals surface area contributed by atoms with E-state index >= 15 is 0 Å². The first-order valence-corrected chi connectivity index (χ1v) is 7.70. The molecule has 1 aliphatic heterocycles. The fourth-order valence-corrected chi connectivity index (χ4v) is 3.30. The maximum absolute atomic E-state index is 13.6. The van der Waals surface area contributed by atoms with Crippen LogP contribution in [0.5, 0.6) is 11.5 Å². The highest BCUT2D eigenvalue weighted by Crippen LogP contribution is 2.35. The van der Waals surface area contributed by atoms with Crippen LogP contribution < -0.4 is 14.8 Å². The summed E-state index contributed by atoms with van der Waals surface area (Å²) < 4.78 is 24.4. The Morgan fingerprint density at radius 1 is 1.19 bits per heavy atom. The average Bonchev–Trinajstić information content (AvgIpc) is 2.97. The van der Waals surface area contributed by atoms with Crippen LogP contribution in [-0.2, 0) is 0 Å². The molecule has 0 amide bonds. The number of thioether (sulfide) groups is 1. The van der Waals surface area contributed by atoms with E-state index in [2.05, 4.69) is 5.32 Å². The van der Waals surface area contributed by atoms with Crippen LogP contribution >= 0.6 is 11.8 Å². The maximum atomic E-state index is 13.6. The van der Waals surface area contributed by atoms with Crippen molar-refractivity contribution in [3.05, 3.63) is 53.8 Å². The topological polar surface area (TPSA) is 30.5 Å². The third-order valence-electron chi connectivity index (χ3n) is 3.39. The standard InChI is InChI=1S/C16H16FNO2S/c1-18-13(9-21-16-5-3-2-4-12(16)17)11-6-7-14-15(8-11)20-10-19-14/h2-8,13,18H,9-10H2,1H3. The van der Waals surface area contributed by atoms with Crippen LogP contribution in [0.1, 0.15) is 11.6 Å². The number of rotatable bonds is 5. The van der Waals surface area contributed by atoms with Crippen LogP contribution in [0.4, 0.5) is 4.39 Å². The van der Waals surface area contributed by atoms with E-state index in [4.69, 9.17) is 9.47 Å². The lowest BCUT2D eigenvalue weighted by Crippen LogP contribution is -2.18. The molecule has 3 nitrogen and oxygen atoms in total. The van der Waals surface area contributed by atoms with Gasteiger partial charge in [0.2, 0.25) is 6.79 Å². The summed E-state index contributed by atoms with van der Waals surface area (Å²) in [4.78, 5) is 0.665. The van der Waals surface area contributed by atoms with E-state index in [1.807, 2.05) is 31.3 Å². The second-order valence-corrected chi connectivity index (χ2v) is 5.76. The zero-order valence-electron chi connectivity index (χ0n) is 11.6. The van der Waals surface area contributed by atoms with Gasteiger partial charge in [0.05, 0.1) is 0 Å². The van der Waals surface area contributed by atoms with Gasteiger partial charge in [0.15, 0.2) is 11.5 Å². The van der Waals surface area contributed by atoms with Gasteiger partial charge in [0.1, 0.15) is 5.82 Å². The van der Waals surface area contributed by atoms with Crippen molar-refractivity contribution >= 4 is 11.8 Å². The predicted octanol–water partition coefficient (Wildman–Crippen LogP) is 3.61. The Morgan fingerprint density at radius 3 is 2.81 bits per heavy atom. The summed E-state index contributed by atoms with van der Waals surface area (Å²) in [6, 6.07) is 12.8. The SMILES string of the molecule is CNC(CSc1ccccc1F)c1ccc2c(c1)OCO2. The summed E-state index contributed by atoms with van der Waals surface area (Å²) in [6.45, 7) is 0.271. The molecule has 1 aliphatic rings. The number of benzene rings is 2. The number of ether oxygens (including phenoxy) is 2. The van der Waals surface area contributed by atoms with Crippen molar-refractivity contribution in [2.75, 3.05) is 19.6 Å². The van der Waals surface area contributed by atoms with Crippen molar-refractivity contribution in [2.45, 2.75) is 10.9 Å². The van der Waals surface area contributed by atoms with E-state index < -0.39 is 0 Å².